The highest BCUT2D eigenvalue weighted by molar-refractivity contribution is 5.93. The summed E-state index contributed by atoms with van der Waals surface area (Å²) in [6, 6.07) is 12.4. The van der Waals surface area contributed by atoms with Crippen molar-refractivity contribution in [1.29, 1.82) is 0 Å². The normalized spacial score (nSPS) is 18.3. The molecule has 2 aromatic carbocycles. The number of fused-ring (bicyclic) bond motifs is 1. The highest BCUT2D eigenvalue weighted by Gasteiger charge is 2.31. The summed E-state index contributed by atoms with van der Waals surface area (Å²) in [5.41, 5.74) is 4.34. The molecule has 2 atom stereocenters. The first-order valence-electron chi connectivity index (χ1n) is 10.0. The molecule has 0 radical (unpaired) electrons. The monoisotopic (exact) mass is 382 g/mol. The van der Waals surface area contributed by atoms with E-state index in [2.05, 4.69) is 19.1 Å². The molecule has 4 heteroatoms. The summed E-state index contributed by atoms with van der Waals surface area (Å²) in [5.74, 6) is 2.14. The number of hydrogen-bond acceptors (Lipinski definition) is 4. The molecule has 150 valence electrons. The van der Waals surface area contributed by atoms with Crippen LogP contribution in [-0.2, 0) is 17.6 Å². The van der Waals surface area contributed by atoms with Crippen LogP contribution in [0.25, 0.3) is 0 Å². The van der Waals surface area contributed by atoms with Gasteiger partial charge in [0, 0.05) is 0 Å². The highest BCUT2D eigenvalue weighted by Crippen LogP contribution is 2.42. The molecular formula is C24H30O4. The van der Waals surface area contributed by atoms with Crippen molar-refractivity contribution in [1.82, 2.24) is 0 Å². The van der Waals surface area contributed by atoms with Crippen molar-refractivity contribution in [3.05, 3.63) is 58.7 Å². The van der Waals surface area contributed by atoms with Crippen LogP contribution >= 0.6 is 0 Å². The van der Waals surface area contributed by atoms with E-state index in [0.29, 0.717) is 23.1 Å². The fourth-order valence-electron chi connectivity index (χ4n) is 4.32. The Hall–Kier alpha value is -2.49. The Balaban J connectivity index is 1.98. The van der Waals surface area contributed by atoms with Crippen LogP contribution in [0, 0.1) is 5.92 Å². The molecule has 4 nitrogen and oxygen atoms in total. The maximum atomic E-state index is 12.2. The zero-order valence-electron chi connectivity index (χ0n) is 17.3. The van der Waals surface area contributed by atoms with Gasteiger partial charge < -0.3 is 14.2 Å². The second-order valence-electron chi connectivity index (χ2n) is 7.50. The van der Waals surface area contributed by atoms with Gasteiger partial charge in [0.25, 0.3) is 0 Å². The molecule has 0 saturated heterocycles. The predicted molar refractivity (Wildman–Crippen MR) is 110 cm³/mol. The van der Waals surface area contributed by atoms with Crippen LogP contribution in [0.15, 0.2) is 36.4 Å². The summed E-state index contributed by atoms with van der Waals surface area (Å²) < 4.78 is 15.7. The Labute approximate surface area is 167 Å². The van der Waals surface area contributed by atoms with Crippen LogP contribution in [-0.4, -0.2) is 27.3 Å². The maximum absolute atomic E-state index is 12.2. The summed E-state index contributed by atoms with van der Waals surface area (Å²) in [6.07, 6.45) is 5.55. The quantitative estimate of drug-likeness (QED) is 0.619. The third kappa shape index (κ3) is 4.16. The van der Waals surface area contributed by atoms with Gasteiger partial charge >= 0.3 is 5.97 Å². The molecule has 0 unspecified atom stereocenters. The van der Waals surface area contributed by atoms with Crippen LogP contribution < -0.4 is 9.47 Å². The third-order valence-electron chi connectivity index (χ3n) is 5.89. The second kappa shape index (κ2) is 9.13. The number of unbranched alkanes of at least 4 members (excludes halogenated alkanes) is 1. The molecule has 0 amide bonds. The number of benzene rings is 2. The molecule has 0 bridgehead atoms. The Morgan fingerprint density at radius 3 is 2.32 bits per heavy atom. The minimum absolute atomic E-state index is 0.353. The lowest BCUT2D eigenvalue weighted by molar-refractivity contribution is 0.0597. The molecule has 28 heavy (non-hydrogen) atoms. The maximum Gasteiger partial charge on any atom is 0.341 e. The largest absolute Gasteiger partial charge is 0.497 e. The highest BCUT2D eigenvalue weighted by atomic mass is 16.5. The number of carbonyl (C=O) groups is 1. The molecule has 1 aliphatic rings. The first kappa shape index (κ1) is 20.2. The van der Waals surface area contributed by atoms with E-state index in [1.807, 2.05) is 24.3 Å². The molecule has 0 spiro atoms. The van der Waals surface area contributed by atoms with E-state index in [4.69, 9.17) is 14.2 Å². The summed E-state index contributed by atoms with van der Waals surface area (Å²) in [5, 5.41) is 0. The summed E-state index contributed by atoms with van der Waals surface area (Å²) in [7, 11) is 4.70. The molecule has 0 N–H and O–H groups in total. The first-order chi connectivity index (χ1) is 13.6. The van der Waals surface area contributed by atoms with Crippen LogP contribution in [0.2, 0.25) is 0 Å². The van der Waals surface area contributed by atoms with Gasteiger partial charge in [0.1, 0.15) is 17.1 Å². The Morgan fingerprint density at radius 1 is 1.00 bits per heavy atom. The van der Waals surface area contributed by atoms with Gasteiger partial charge in [-0.3, -0.25) is 0 Å². The number of ether oxygens (including phenoxy) is 3. The zero-order valence-corrected chi connectivity index (χ0v) is 17.3. The minimum atomic E-state index is -0.353. The fraction of sp³-hybridized carbons (Fsp3) is 0.458. The molecule has 2 aromatic rings. The second-order valence-corrected chi connectivity index (χ2v) is 7.50. The van der Waals surface area contributed by atoms with Crippen LogP contribution in [0.5, 0.6) is 11.5 Å². The first-order valence-corrected chi connectivity index (χ1v) is 10.0. The number of rotatable bonds is 7. The predicted octanol–water partition coefficient (Wildman–Crippen LogP) is 5.18. The fourth-order valence-corrected chi connectivity index (χ4v) is 4.32. The smallest absolute Gasteiger partial charge is 0.341 e. The molecule has 0 aliphatic heterocycles. The van der Waals surface area contributed by atoms with Crippen molar-refractivity contribution in [2.75, 3.05) is 21.3 Å². The van der Waals surface area contributed by atoms with Crippen molar-refractivity contribution >= 4 is 5.97 Å². The van der Waals surface area contributed by atoms with Crippen molar-refractivity contribution in [2.45, 2.75) is 44.9 Å². The van der Waals surface area contributed by atoms with Crippen molar-refractivity contribution < 1.29 is 19.0 Å². The molecule has 3 rings (SSSR count). The molecular weight excluding hydrogens is 352 g/mol. The minimum Gasteiger partial charge on any atom is -0.497 e. The summed E-state index contributed by atoms with van der Waals surface area (Å²) >= 11 is 0. The van der Waals surface area contributed by atoms with Crippen LogP contribution in [0.3, 0.4) is 0 Å². The Kier molecular flexibility index (Phi) is 6.61. The van der Waals surface area contributed by atoms with E-state index in [1.165, 1.54) is 43.1 Å². The van der Waals surface area contributed by atoms with Crippen molar-refractivity contribution in [3.63, 3.8) is 0 Å². The average Bonchev–Trinajstić information content (AvgIpc) is 2.75. The van der Waals surface area contributed by atoms with Crippen LogP contribution in [0.1, 0.15) is 59.2 Å². The number of esters is 1. The molecule has 0 aromatic heterocycles. The zero-order chi connectivity index (χ0) is 20.1. The van der Waals surface area contributed by atoms with Gasteiger partial charge in [-0.25, -0.2) is 4.79 Å². The summed E-state index contributed by atoms with van der Waals surface area (Å²) in [4.78, 5) is 12.2. The van der Waals surface area contributed by atoms with E-state index in [-0.39, 0.29) is 5.97 Å². The van der Waals surface area contributed by atoms with E-state index in [0.717, 1.165) is 18.6 Å². The van der Waals surface area contributed by atoms with E-state index < -0.39 is 0 Å². The van der Waals surface area contributed by atoms with Gasteiger partial charge in [-0.15, -0.1) is 0 Å². The van der Waals surface area contributed by atoms with Crippen molar-refractivity contribution in [2.24, 2.45) is 5.92 Å². The molecule has 1 aliphatic carbocycles. The Bertz CT molecular complexity index is 810. The van der Waals surface area contributed by atoms with Gasteiger partial charge in [-0.05, 0) is 72.1 Å². The van der Waals surface area contributed by atoms with E-state index >= 15 is 0 Å². The number of methoxy groups -OCH3 is 3. The van der Waals surface area contributed by atoms with Gasteiger partial charge in [0.15, 0.2) is 0 Å². The van der Waals surface area contributed by atoms with Crippen LogP contribution in [0.4, 0.5) is 0 Å². The van der Waals surface area contributed by atoms with E-state index in [1.54, 1.807) is 14.2 Å². The lowest BCUT2D eigenvalue weighted by atomic mass is 9.70. The van der Waals surface area contributed by atoms with Gasteiger partial charge in [0.05, 0.1) is 21.3 Å². The number of hydrogen-bond donors (Lipinski definition) is 0. The van der Waals surface area contributed by atoms with Gasteiger partial charge in [-0.1, -0.05) is 31.9 Å². The summed E-state index contributed by atoms with van der Waals surface area (Å²) in [6.45, 7) is 2.24. The molecule has 0 heterocycles. The lowest BCUT2D eigenvalue weighted by Crippen LogP contribution is -2.24. The lowest BCUT2D eigenvalue weighted by Gasteiger charge is -2.34. The standard InChI is InChI=1S/C24H30O4/c1-5-6-7-17-12-18-15-23(27-3)22(24(25)28-4)14-19(18)13-21(17)16-8-10-20(26-2)11-9-16/h8-11,14-15,17,21H,5-7,12-13H2,1-4H3/t17-,21-/m0/s1. The van der Waals surface area contributed by atoms with Gasteiger partial charge in [0.2, 0.25) is 0 Å². The molecule has 0 fully saturated rings. The van der Waals surface area contributed by atoms with Crippen molar-refractivity contribution in [3.8, 4) is 11.5 Å². The van der Waals surface area contributed by atoms with E-state index in [9.17, 15) is 4.79 Å². The van der Waals surface area contributed by atoms with Gasteiger partial charge in [-0.2, -0.15) is 0 Å². The molecule has 0 saturated carbocycles. The topological polar surface area (TPSA) is 44.8 Å². The SMILES string of the molecule is CCCC[C@H]1Cc2cc(OC)c(C(=O)OC)cc2C[C@H]1c1ccc(OC)cc1. The Morgan fingerprint density at radius 2 is 1.71 bits per heavy atom. The number of carbonyl (C=O) groups excluding carboxylic acids is 1. The third-order valence-corrected chi connectivity index (χ3v) is 5.89. The average molecular weight is 383 g/mol.